The quantitative estimate of drug-likeness (QED) is 0.756. The Balaban J connectivity index is 1.75. The Morgan fingerprint density at radius 1 is 1.35 bits per heavy atom. The number of pyridine rings is 1. The predicted octanol–water partition coefficient (Wildman–Crippen LogP) is 2.65. The van der Waals surface area contributed by atoms with E-state index in [0.29, 0.717) is 0 Å². The zero-order valence-electron chi connectivity index (χ0n) is 10.6. The van der Waals surface area contributed by atoms with Gasteiger partial charge in [-0.2, -0.15) is 0 Å². The monoisotopic (exact) mass is 234 g/mol. The summed E-state index contributed by atoms with van der Waals surface area (Å²) >= 11 is 0. The van der Waals surface area contributed by atoms with Gasteiger partial charge < -0.3 is 9.64 Å². The summed E-state index contributed by atoms with van der Waals surface area (Å²) in [6.07, 6.45) is 5.66. The summed E-state index contributed by atoms with van der Waals surface area (Å²) in [4.78, 5) is 6.84. The van der Waals surface area contributed by atoms with Gasteiger partial charge in [0.15, 0.2) is 0 Å². The Bertz CT molecular complexity index is 309. The highest BCUT2D eigenvalue weighted by Crippen LogP contribution is 2.18. The summed E-state index contributed by atoms with van der Waals surface area (Å²) < 4.78 is 5.94. The Kier molecular flexibility index (Phi) is 4.95. The Hall–Kier alpha value is -0.930. The lowest BCUT2D eigenvalue weighted by Crippen LogP contribution is -2.24. The molecule has 0 aliphatic carbocycles. The molecule has 94 valence electrons. The molecule has 0 aromatic carbocycles. The van der Waals surface area contributed by atoms with Crippen LogP contribution in [0.4, 0.5) is 0 Å². The van der Waals surface area contributed by atoms with E-state index in [4.69, 9.17) is 4.74 Å². The number of hydrogen-bond acceptors (Lipinski definition) is 3. The molecule has 0 spiro atoms. The first-order valence-electron chi connectivity index (χ1n) is 6.65. The predicted molar refractivity (Wildman–Crippen MR) is 68.9 cm³/mol. The van der Waals surface area contributed by atoms with Gasteiger partial charge in [-0.25, -0.2) is 0 Å². The first kappa shape index (κ1) is 12.5. The lowest BCUT2D eigenvalue weighted by Gasteiger charge is -2.19. The summed E-state index contributed by atoms with van der Waals surface area (Å²) in [7, 11) is 0. The third-order valence-corrected chi connectivity index (χ3v) is 3.31. The first-order chi connectivity index (χ1) is 8.40. The fraction of sp³-hybridized carbons (Fsp3) is 0.643. The molecular weight excluding hydrogens is 212 g/mol. The van der Waals surface area contributed by atoms with Crippen LogP contribution in [0.3, 0.4) is 0 Å². The summed E-state index contributed by atoms with van der Waals surface area (Å²) in [5.74, 6) is 0. The molecule has 1 aliphatic heterocycles. The smallest absolute Gasteiger partial charge is 0.0992 e. The molecule has 1 unspecified atom stereocenters. The van der Waals surface area contributed by atoms with Gasteiger partial charge >= 0.3 is 0 Å². The zero-order chi connectivity index (χ0) is 11.9. The normalized spacial score (nSPS) is 18.4. The SMILES string of the molecule is CCC(OCCN1CCCC1)c1ccccn1. The van der Waals surface area contributed by atoms with Crippen molar-refractivity contribution in [3.63, 3.8) is 0 Å². The second-order valence-corrected chi connectivity index (χ2v) is 4.57. The van der Waals surface area contributed by atoms with Gasteiger partial charge in [0.1, 0.15) is 0 Å². The standard InChI is InChI=1S/C14H22N2O/c1-2-14(13-7-3-4-8-15-13)17-12-11-16-9-5-6-10-16/h3-4,7-8,14H,2,5-6,9-12H2,1H3. The van der Waals surface area contributed by atoms with Gasteiger partial charge in [-0.05, 0) is 44.5 Å². The van der Waals surface area contributed by atoms with Gasteiger partial charge in [0.2, 0.25) is 0 Å². The molecule has 1 aromatic heterocycles. The minimum atomic E-state index is 0.152. The minimum absolute atomic E-state index is 0.152. The molecule has 0 bridgehead atoms. The van der Waals surface area contributed by atoms with E-state index in [9.17, 15) is 0 Å². The summed E-state index contributed by atoms with van der Waals surface area (Å²) in [6.45, 7) is 6.50. The molecule has 3 heteroatoms. The van der Waals surface area contributed by atoms with Crippen LogP contribution in [0.2, 0.25) is 0 Å². The fourth-order valence-corrected chi connectivity index (χ4v) is 2.31. The summed E-state index contributed by atoms with van der Waals surface area (Å²) in [5, 5.41) is 0. The van der Waals surface area contributed by atoms with Crippen LogP contribution in [0.25, 0.3) is 0 Å². The molecule has 1 atom stereocenters. The average molecular weight is 234 g/mol. The molecule has 1 fully saturated rings. The van der Waals surface area contributed by atoms with E-state index in [0.717, 1.165) is 25.3 Å². The van der Waals surface area contributed by atoms with Crippen LogP contribution in [-0.2, 0) is 4.74 Å². The lowest BCUT2D eigenvalue weighted by atomic mass is 10.2. The highest BCUT2D eigenvalue weighted by molar-refractivity contribution is 5.06. The molecular formula is C14H22N2O. The molecule has 0 radical (unpaired) electrons. The number of nitrogens with zero attached hydrogens (tertiary/aromatic N) is 2. The van der Waals surface area contributed by atoms with Crippen molar-refractivity contribution < 1.29 is 4.74 Å². The molecule has 2 rings (SSSR count). The van der Waals surface area contributed by atoms with Gasteiger partial charge in [0.25, 0.3) is 0 Å². The zero-order valence-corrected chi connectivity index (χ0v) is 10.6. The Labute approximate surface area is 104 Å². The maximum atomic E-state index is 5.94. The molecule has 0 N–H and O–H groups in total. The van der Waals surface area contributed by atoms with Crippen LogP contribution < -0.4 is 0 Å². The van der Waals surface area contributed by atoms with Crippen molar-refractivity contribution in [1.29, 1.82) is 0 Å². The van der Waals surface area contributed by atoms with E-state index in [1.807, 2.05) is 24.4 Å². The van der Waals surface area contributed by atoms with Crippen LogP contribution in [0.1, 0.15) is 38.0 Å². The summed E-state index contributed by atoms with van der Waals surface area (Å²) in [6, 6.07) is 6.01. The third-order valence-electron chi connectivity index (χ3n) is 3.31. The largest absolute Gasteiger partial charge is 0.371 e. The molecule has 1 saturated heterocycles. The van der Waals surface area contributed by atoms with E-state index >= 15 is 0 Å². The molecule has 3 nitrogen and oxygen atoms in total. The van der Waals surface area contributed by atoms with Crippen LogP contribution in [0.15, 0.2) is 24.4 Å². The van der Waals surface area contributed by atoms with E-state index in [1.165, 1.54) is 25.9 Å². The van der Waals surface area contributed by atoms with Crippen molar-refractivity contribution in [2.75, 3.05) is 26.2 Å². The second-order valence-electron chi connectivity index (χ2n) is 4.57. The fourth-order valence-electron chi connectivity index (χ4n) is 2.31. The number of aromatic nitrogens is 1. The van der Waals surface area contributed by atoms with Crippen molar-refractivity contribution in [2.45, 2.75) is 32.3 Å². The third kappa shape index (κ3) is 3.79. The topological polar surface area (TPSA) is 25.4 Å². The van der Waals surface area contributed by atoms with Crippen LogP contribution in [0, 0.1) is 0 Å². The highest BCUT2D eigenvalue weighted by Gasteiger charge is 2.14. The molecule has 0 amide bonds. The van der Waals surface area contributed by atoms with E-state index < -0.39 is 0 Å². The van der Waals surface area contributed by atoms with Gasteiger partial charge in [-0.3, -0.25) is 4.98 Å². The Morgan fingerprint density at radius 2 is 2.18 bits per heavy atom. The number of ether oxygens (including phenoxy) is 1. The van der Waals surface area contributed by atoms with Crippen LogP contribution >= 0.6 is 0 Å². The lowest BCUT2D eigenvalue weighted by molar-refractivity contribution is 0.0351. The maximum Gasteiger partial charge on any atom is 0.0992 e. The van der Waals surface area contributed by atoms with Crippen molar-refractivity contribution in [2.24, 2.45) is 0 Å². The molecule has 17 heavy (non-hydrogen) atoms. The summed E-state index contributed by atoms with van der Waals surface area (Å²) in [5.41, 5.74) is 1.05. The van der Waals surface area contributed by atoms with Gasteiger partial charge in [-0.15, -0.1) is 0 Å². The van der Waals surface area contributed by atoms with Crippen molar-refractivity contribution in [1.82, 2.24) is 9.88 Å². The van der Waals surface area contributed by atoms with E-state index in [2.05, 4.69) is 16.8 Å². The molecule has 1 aliphatic rings. The van der Waals surface area contributed by atoms with E-state index in [1.54, 1.807) is 0 Å². The average Bonchev–Trinajstić information content (AvgIpc) is 2.89. The maximum absolute atomic E-state index is 5.94. The number of hydrogen-bond donors (Lipinski definition) is 0. The van der Waals surface area contributed by atoms with Gasteiger partial charge in [0.05, 0.1) is 18.4 Å². The Morgan fingerprint density at radius 3 is 2.82 bits per heavy atom. The number of likely N-dealkylation sites (tertiary alicyclic amines) is 1. The highest BCUT2D eigenvalue weighted by atomic mass is 16.5. The minimum Gasteiger partial charge on any atom is -0.371 e. The molecule has 0 saturated carbocycles. The second kappa shape index (κ2) is 6.72. The van der Waals surface area contributed by atoms with Gasteiger partial charge in [-0.1, -0.05) is 13.0 Å². The van der Waals surface area contributed by atoms with Crippen molar-refractivity contribution in [3.05, 3.63) is 30.1 Å². The molecule has 2 heterocycles. The van der Waals surface area contributed by atoms with Crippen molar-refractivity contribution in [3.8, 4) is 0 Å². The van der Waals surface area contributed by atoms with Crippen LogP contribution in [-0.4, -0.2) is 36.1 Å². The van der Waals surface area contributed by atoms with E-state index in [-0.39, 0.29) is 6.10 Å². The van der Waals surface area contributed by atoms with Crippen molar-refractivity contribution >= 4 is 0 Å². The number of rotatable bonds is 6. The van der Waals surface area contributed by atoms with Crippen LogP contribution in [0.5, 0.6) is 0 Å². The van der Waals surface area contributed by atoms with Gasteiger partial charge in [0, 0.05) is 12.7 Å². The molecule has 1 aromatic rings. The first-order valence-corrected chi connectivity index (χ1v) is 6.65.